The number of rotatable bonds is 9. The first kappa shape index (κ1) is 30.9. The molecule has 1 atom stereocenters. The quantitative estimate of drug-likeness (QED) is 0.0678. The average Bonchev–Trinajstić information content (AvgIpc) is 3.36. The summed E-state index contributed by atoms with van der Waals surface area (Å²) < 4.78 is 11.0. The zero-order chi connectivity index (χ0) is 27.9. The number of methoxy groups -OCH3 is 2. The van der Waals surface area contributed by atoms with Gasteiger partial charge in [0, 0.05) is 29.7 Å². The van der Waals surface area contributed by atoms with Gasteiger partial charge >= 0.3 is 0 Å². The predicted octanol–water partition coefficient (Wildman–Crippen LogP) is 4.47. The molecule has 4 rings (SSSR count). The maximum Gasteiger partial charge on any atom is 0.150 e. The van der Waals surface area contributed by atoms with Crippen molar-refractivity contribution in [2.45, 2.75) is 17.4 Å². The summed E-state index contributed by atoms with van der Waals surface area (Å²) in [4.78, 5) is 15.6. The van der Waals surface area contributed by atoms with E-state index in [1.807, 2.05) is 55.6 Å². The highest BCUT2D eigenvalue weighted by atomic mass is 32.1. The molecule has 0 saturated carbocycles. The van der Waals surface area contributed by atoms with Gasteiger partial charge in [-0.3, -0.25) is 10.2 Å². The van der Waals surface area contributed by atoms with E-state index >= 15 is 0 Å². The Hall–Kier alpha value is -3.28. The molecule has 0 aliphatic rings. The molecule has 202 valence electrons. The molecular weight excluding hydrogens is 518 g/mol. The summed E-state index contributed by atoms with van der Waals surface area (Å²) in [6, 6.07) is 20.3. The van der Waals surface area contributed by atoms with Crippen LogP contribution < -0.4 is 21.5 Å². The second-order valence-electron chi connectivity index (χ2n) is 8.12. The number of aromatic nitrogens is 1. The number of carbonyl (C=O) groups excluding carboxylic acids is 1. The van der Waals surface area contributed by atoms with E-state index in [4.69, 9.17) is 26.4 Å². The van der Waals surface area contributed by atoms with E-state index in [0.29, 0.717) is 17.5 Å². The summed E-state index contributed by atoms with van der Waals surface area (Å²) in [6.45, 7) is 1.74. The van der Waals surface area contributed by atoms with Crippen molar-refractivity contribution in [2.75, 3.05) is 34.4 Å². The van der Waals surface area contributed by atoms with Crippen LogP contribution in [-0.4, -0.2) is 51.5 Å². The number of hydrogen-bond acceptors (Lipinski definition) is 9. The topological polar surface area (TPSA) is 136 Å². The molecule has 1 unspecified atom stereocenters. The number of amidine groups is 1. The fraction of sp³-hybridized carbons (Fsp3) is 0.250. The molecular formula is C28H35N5O3S2. The molecule has 6 N–H and O–H groups in total. The van der Waals surface area contributed by atoms with Gasteiger partial charge < -0.3 is 26.3 Å². The monoisotopic (exact) mass is 553 g/mol. The molecule has 0 amide bonds. The van der Waals surface area contributed by atoms with Crippen LogP contribution in [0.3, 0.4) is 0 Å². The van der Waals surface area contributed by atoms with Gasteiger partial charge in [-0.2, -0.15) is 0 Å². The van der Waals surface area contributed by atoms with Crippen LogP contribution in [0.25, 0.3) is 10.2 Å². The summed E-state index contributed by atoms with van der Waals surface area (Å²) in [5.74, 6) is 0.878. The SMILES string of the molecule is CNCCOC.COc1ccc2nc(C(N)Cc3cccc(C(=N)N)c3)sc2c1.O=Cc1cccc(S)c1. The van der Waals surface area contributed by atoms with Crippen LogP contribution in [0.4, 0.5) is 0 Å². The molecule has 1 heterocycles. The third-order valence-electron chi connectivity index (χ3n) is 5.19. The lowest BCUT2D eigenvalue weighted by Crippen LogP contribution is -2.14. The van der Waals surface area contributed by atoms with Gasteiger partial charge in [-0.05, 0) is 55.4 Å². The standard InChI is InChI=1S/C17H18N4OS.C7H6OS.C4H11NO/c1-22-12-5-6-14-15(9-12)23-17(21-14)13(18)8-10-3-2-4-11(7-10)16(19)20;8-5-6-2-1-3-7(9)4-6;1-5-3-4-6-2/h2-7,9,13H,8,18H2,1H3,(H3,19,20);1-5,9H;5H,3-4H2,1-2H3. The fourth-order valence-corrected chi connectivity index (χ4v) is 4.45. The summed E-state index contributed by atoms with van der Waals surface area (Å²) in [5, 5.41) is 11.3. The Balaban J connectivity index is 0.000000277. The van der Waals surface area contributed by atoms with E-state index in [2.05, 4.69) is 22.9 Å². The molecule has 38 heavy (non-hydrogen) atoms. The lowest BCUT2D eigenvalue weighted by molar-refractivity contribution is 0.112. The third kappa shape index (κ3) is 10.2. The van der Waals surface area contributed by atoms with Crippen molar-refractivity contribution >= 4 is 46.3 Å². The van der Waals surface area contributed by atoms with E-state index in [1.54, 1.807) is 43.8 Å². The number of benzene rings is 3. The molecule has 0 spiro atoms. The number of fused-ring (bicyclic) bond motifs is 1. The van der Waals surface area contributed by atoms with Crippen LogP contribution in [0.2, 0.25) is 0 Å². The fourth-order valence-electron chi connectivity index (χ4n) is 3.22. The highest BCUT2D eigenvalue weighted by molar-refractivity contribution is 7.80. The maximum atomic E-state index is 10.1. The second kappa shape index (κ2) is 16.5. The van der Waals surface area contributed by atoms with Gasteiger partial charge in [-0.25, -0.2) is 4.98 Å². The molecule has 0 fully saturated rings. The Morgan fingerprint density at radius 2 is 1.92 bits per heavy atom. The van der Waals surface area contributed by atoms with Crippen LogP contribution in [0, 0.1) is 5.41 Å². The lowest BCUT2D eigenvalue weighted by atomic mass is 10.0. The number of hydrogen-bond donors (Lipinski definition) is 5. The zero-order valence-electron chi connectivity index (χ0n) is 21.8. The molecule has 1 aromatic heterocycles. The molecule has 0 radical (unpaired) electrons. The molecule has 0 bridgehead atoms. The van der Waals surface area contributed by atoms with Crippen LogP contribution in [0.1, 0.15) is 32.5 Å². The highest BCUT2D eigenvalue weighted by Crippen LogP contribution is 2.30. The number of likely N-dealkylation sites (N-methyl/N-ethyl adjacent to an activating group) is 1. The first-order valence-electron chi connectivity index (χ1n) is 11.8. The Kier molecular flexibility index (Phi) is 13.5. The molecule has 3 aromatic carbocycles. The van der Waals surface area contributed by atoms with E-state index in [9.17, 15) is 4.79 Å². The third-order valence-corrected chi connectivity index (χ3v) is 6.61. The van der Waals surface area contributed by atoms with Crippen LogP contribution >= 0.6 is 24.0 Å². The summed E-state index contributed by atoms with van der Waals surface area (Å²) in [6.07, 6.45) is 1.46. The number of nitrogens with zero attached hydrogens (tertiary/aromatic N) is 1. The summed E-state index contributed by atoms with van der Waals surface area (Å²) >= 11 is 5.63. The number of ether oxygens (including phenoxy) is 2. The van der Waals surface area contributed by atoms with Crippen LogP contribution in [0.15, 0.2) is 71.6 Å². The Bertz CT molecular complexity index is 1310. The molecule has 0 saturated heterocycles. The molecule has 0 aliphatic heterocycles. The summed E-state index contributed by atoms with van der Waals surface area (Å²) in [5.41, 5.74) is 15.2. The normalized spacial score (nSPS) is 11.0. The predicted molar refractivity (Wildman–Crippen MR) is 159 cm³/mol. The minimum absolute atomic E-state index is 0.0625. The number of thiol groups is 1. The van der Waals surface area contributed by atoms with Crippen molar-refractivity contribution in [3.63, 3.8) is 0 Å². The van der Waals surface area contributed by atoms with Gasteiger partial charge in [0.25, 0.3) is 0 Å². The van der Waals surface area contributed by atoms with Gasteiger partial charge in [-0.15, -0.1) is 24.0 Å². The number of nitrogens with two attached hydrogens (primary N) is 2. The van der Waals surface area contributed by atoms with E-state index in [1.165, 1.54) is 0 Å². The summed E-state index contributed by atoms with van der Waals surface area (Å²) in [7, 11) is 5.24. The Morgan fingerprint density at radius 3 is 2.50 bits per heavy atom. The largest absolute Gasteiger partial charge is 0.497 e. The first-order chi connectivity index (χ1) is 18.3. The van der Waals surface area contributed by atoms with Gasteiger partial charge in [-0.1, -0.05) is 30.3 Å². The highest BCUT2D eigenvalue weighted by Gasteiger charge is 2.14. The number of thiazole rings is 1. The van der Waals surface area contributed by atoms with Gasteiger partial charge in [0.2, 0.25) is 0 Å². The number of aldehydes is 1. The van der Waals surface area contributed by atoms with Crippen molar-refractivity contribution < 1.29 is 14.3 Å². The Labute approximate surface area is 233 Å². The van der Waals surface area contributed by atoms with E-state index in [0.717, 1.165) is 50.9 Å². The van der Waals surface area contributed by atoms with Gasteiger partial charge in [0.05, 0.1) is 30.0 Å². The molecule has 0 aliphatic carbocycles. The minimum atomic E-state index is -0.194. The van der Waals surface area contributed by atoms with Crippen molar-refractivity contribution in [2.24, 2.45) is 11.5 Å². The molecule has 4 aromatic rings. The van der Waals surface area contributed by atoms with Crippen LogP contribution in [0.5, 0.6) is 5.75 Å². The lowest BCUT2D eigenvalue weighted by Gasteiger charge is -2.09. The number of nitrogen functional groups attached to an aromatic ring is 1. The Morgan fingerprint density at radius 1 is 1.16 bits per heavy atom. The van der Waals surface area contributed by atoms with Crippen molar-refractivity contribution in [1.29, 1.82) is 5.41 Å². The average molecular weight is 554 g/mol. The smallest absolute Gasteiger partial charge is 0.150 e. The first-order valence-corrected chi connectivity index (χ1v) is 13.1. The van der Waals surface area contributed by atoms with Crippen molar-refractivity contribution in [3.8, 4) is 5.75 Å². The van der Waals surface area contributed by atoms with Crippen molar-refractivity contribution in [3.05, 3.63) is 88.4 Å². The van der Waals surface area contributed by atoms with E-state index < -0.39 is 0 Å². The zero-order valence-corrected chi connectivity index (χ0v) is 23.5. The van der Waals surface area contributed by atoms with Gasteiger partial charge in [0.1, 0.15) is 22.9 Å². The van der Waals surface area contributed by atoms with E-state index in [-0.39, 0.29) is 11.9 Å². The molecule has 10 heteroatoms. The number of carbonyl (C=O) groups is 1. The maximum absolute atomic E-state index is 10.1. The second-order valence-corrected chi connectivity index (χ2v) is 9.70. The molecule has 8 nitrogen and oxygen atoms in total. The number of nitrogens with one attached hydrogen (secondary N) is 2. The van der Waals surface area contributed by atoms with Crippen molar-refractivity contribution in [1.82, 2.24) is 10.3 Å². The minimum Gasteiger partial charge on any atom is -0.497 e. The van der Waals surface area contributed by atoms with Gasteiger partial charge in [0.15, 0.2) is 0 Å². The van der Waals surface area contributed by atoms with Crippen LogP contribution in [-0.2, 0) is 11.2 Å².